The summed E-state index contributed by atoms with van der Waals surface area (Å²) in [5.41, 5.74) is 0. The zero-order chi connectivity index (χ0) is 11.4. The summed E-state index contributed by atoms with van der Waals surface area (Å²) in [6.45, 7) is 7.55. The van der Waals surface area contributed by atoms with Gasteiger partial charge in [0, 0.05) is 6.26 Å². The van der Waals surface area contributed by atoms with E-state index < -0.39 is 10.8 Å². The van der Waals surface area contributed by atoms with Gasteiger partial charge in [-0.3, -0.25) is 9.11 Å². The Kier molecular flexibility index (Phi) is 5.39. The largest absolute Gasteiger partial charge is 0.326 e. The van der Waals surface area contributed by atoms with Crippen LogP contribution in [0.5, 0.6) is 0 Å². The third-order valence-corrected chi connectivity index (χ3v) is 3.74. The minimum absolute atomic E-state index is 0.784. The summed E-state index contributed by atoms with van der Waals surface area (Å²) in [5.74, 6) is 0. The van der Waals surface area contributed by atoms with Crippen molar-refractivity contribution in [1.82, 2.24) is 4.31 Å². The van der Waals surface area contributed by atoms with Gasteiger partial charge < -0.3 is 4.48 Å². The van der Waals surface area contributed by atoms with E-state index in [4.69, 9.17) is 0 Å². The number of likely N-dealkylation sites (N-methyl/N-ethyl adjacent to an activating group) is 1. The summed E-state index contributed by atoms with van der Waals surface area (Å²) in [7, 11) is 1.88. The molecule has 0 aromatic carbocycles. The van der Waals surface area contributed by atoms with Gasteiger partial charge in [-0.1, -0.05) is 13.8 Å². The maximum Gasteiger partial charge on any atom is 0.0929 e. The van der Waals surface area contributed by atoms with Crippen LogP contribution in [0.3, 0.4) is 0 Å². The van der Waals surface area contributed by atoms with Crippen LogP contribution in [0.1, 0.15) is 13.8 Å². The lowest BCUT2D eigenvalue weighted by Crippen LogP contribution is -2.54. The molecule has 1 rings (SSSR count). The van der Waals surface area contributed by atoms with Crippen molar-refractivity contribution < 1.29 is 13.6 Å². The monoisotopic (exact) mass is 225 g/mol. The first kappa shape index (κ1) is 14.2. The number of rotatable bonds is 1. The van der Waals surface area contributed by atoms with E-state index in [-0.39, 0.29) is 0 Å². The van der Waals surface area contributed by atoms with E-state index in [0.717, 1.165) is 30.7 Å². The molecule has 1 fully saturated rings. The molecule has 0 amide bonds. The minimum atomic E-state index is -2.45. The van der Waals surface area contributed by atoms with Gasteiger partial charge in [0.2, 0.25) is 0 Å². The normalized spacial score (nSPS) is 23.6. The zero-order valence-corrected chi connectivity index (χ0v) is 10.8. The lowest BCUT2D eigenvalue weighted by Gasteiger charge is -2.46. The second-order valence-electron chi connectivity index (χ2n) is 4.10. The minimum Gasteiger partial charge on any atom is -0.326 e. The molecule has 0 unspecified atom stereocenters. The number of quaternary nitrogens is 1. The summed E-state index contributed by atoms with van der Waals surface area (Å²) in [5, 5.41) is 0. The Morgan fingerprint density at radius 3 is 1.71 bits per heavy atom. The predicted octanol–water partition coefficient (Wildman–Crippen LogP) is 1.70. The van der Waals surface area contributed by atoms with E-state index in [1.54, 1.807) is 4.31 Å². The quantitative estimate of drug-likeness (QED) is 0.668. The summed E-state index contributed by atoms with van der Waals surface area (Å²) in [4.78, 5) is 0. The lowest BCUT2D eigenvalue weighted by atomic mass is 10.3. The Labute approximate surface area is 89.6 Å². The molecule has 88 valence electrons. The molecule has 0 atom stereocenters. The standard InChI is InChI=1S/C7H18N2O2S.C2H6/c1-9(2)6-4-8(5-7-9)12(3,10)11;1-2/h4-7H2,1-3H3,(H-,10,11);1-2H3/p+1. The van der Waals surface area contributed by atoms with E-state index >= 15 is 0 Å². The second-order valence-corrected chi connectivity index (χ2v) is 6.21. The molecular weight excluding hydrogens is 200 g/mol. The van der Waals surface area contributed by atoms with E-state index in [1.165, 1.54) is 6.26 Å². The van der Waals surface area contributed by atoms with Gasteiger partial charge >= 0.3 is 0 Å². The topological polar surface area (TPSA) is 43.7 Å². The van der Waals surface area contributed by atoms with Crippen molar-refractivity contribution in [3.8, 4) is 0 Å². The van der Waals surface area contributed by atoms with Crippen molar-refractivity contribution in [3.05, 3.63) is 0 Å². The van der Waals surface area contributed by atoms with Crippen LogP contribution in [-0.4, -0.2) is 64.4 Å². The van der Waals surface area contributed by atoms with Gasteiger partial charge in [-0.25, -0.2) is 0 Å². The highest BCUT2D eigenvalue weighted by molar-refractivity contribution is 8.21. The van der Waals surface area contributed by atoms with E-state index in [9.17, 15) is 9.11 Å². The fourth-order valence-electron chi connectivity index (χ4n) is 1.33. The van der Waals surface area contributed by atoms with Crippen molar-refractivity contribution in [3.63, 3.8) is 0 Å². The fourth-order valence-corrected chi connectivity index (χ4v) is 2.19. The Morgan fingerprint density at radius 2 is 1.43 bits per heavy atom. The number of piperazine rings is 1. The van der Waals surface area contributed by atoms with Gasteiger partial charge in [0.15, 0.2) is 0 Å². The predicted molar refractivity (Wildman–Crippen MR) is 63.5 cm³/mol. The third-order valence-electron chi connectivity index (χ3n) is 2.40. The van der Waals surface area contributed by atoms with Crippen LogP contribution >= 0.6 is 10.8 Å². The Balaban J connectivity index is 0.000000791. The van der Waals surface area contributed by atoms with E-state index in [1.807, 2.05) is 13.8 Å². The van der Waals surface area contributed by atoms with Crippen LogP contribution in [0.25, 0.3) is 0 Å². The van der Waals surface area contributed by atoms with Crippen molar-refractivity contribution in [2.45, 2.75) is 13.8 Å². The summed E-state index contributed by atoms with van der Waals surface area (Å²) < 4.78 is 21.5. The second kappa shape index (κ2) is 5.32. The highest BCUT2D eigenvalue weighted by Gasteiger charge is 2.29. The molecule has 1 saturated heterocycles. The fraction of sp³-hybridized carbons (Fsp3) is 1.00. The van der Waals surface area contributed by atoms with Crippen molar-refractivity contribution in [2.75, 3.05) is 46.5 Å². The van der Waals surface area contributed by atoms with Crippen LogP contribution in [0.15, 0.2) is 0 Å². The maximum atomic E-state index is 9.37. The first-order valence-electron chi connectivity index (χ1n) is 5.12. The van der Waals surface area contributed by atoms with Crippen molar-refractivity contribution >= 4 is 10.8 Å². The van der Waals surface area contributed by atoms with Gasteiger partial charge in [0.25, 0.3) is 0 Å². The summed E-state index contributed by atoms with van der Waals surface area (Å²) in [6, 6.07) is 0. The molecule has 0 spiro atoms. The lowest BCUT2D eigenvalue weighted by molar-refractivity contribution is -0.893. The third kappa shape index (κ3) is 4.61. The van der Waals surface area contributed by atoms with Gasteiger partial charge in [0.1, 0.15) is 0 Å². The highest BCUT2D eigenvalue weighted by atomic mass is 32.3. The Morgan fingerprint density at radius 1 is 1.07 bits per heavy atom. The molecule has 0 bridgehead atoms. The first-order valence-corrected chi connectivity index (χ1v) is 7.03. The van der Waals surface area contributed by atoms with E-state index in [2.05, 4.69) is 14.1 Å². The first-order chi connectivity index (χ1) is 6.31. The van der Waals surface area contributed by atoms with Crippen LogP contribution in [-0.2, 0) is 0 Å². The zero-order valence-electron chi connectivity index (χ0n) is 10.0. The molecule has 4 nitrogen and oxygen atoms in total. The molecule has 14 heavy (non-hydrogen) atoms. The van der Waals surface area contributed by atoms with Gasteiger partial charge in [-0.2, -0.15) is 4.31 Å². The Hall–Kier alpha value is 0.190. The summed E-state index contributed by atoms with van der Waals surface area (Å²) in [6.07, 6.45) is 1.50. The van der Waals surface area contributed by atoms with Crippen molar-refractivity contribution in [1.29, 1.82) is 0 Å². The van der Waals surface area contributed by atoms with Crippen LogP contribution in [0.4, 0.5) is 0 Å². The number of hydrogen-bond donors (Lipinski definition) is 2. The molecule has 0 aromatic heterocycles. The van der Waals surface area contributed by atoms with Crippen LogP contribution in [0, 0.1) is 0 Å². The van der Waals surface area contributed by atoms with Gasteiger partial charge in [-0.05, 0) is 0 Å². The van der Waals surface area contributed by atoms with Crippen LogP contribution in [0.2, 0.25) is 0 Å². The molecule has 0 aliphatic carbocycles. The van der Waals surface area contributed by atoms with Crippen molar-refractivity contribution in [2.24, 2.45) is 0 Å². The highest BCUT2D eigenvalue weighted by Crippen LogP contribution is 2.39. The molecule has 1 heterocycles. The maximum absolute atomic E-state index is 9.37. The molecule has 0 saturated carbocycles. The molecule has 5 heteroatoms. The number of nitrogens with zero attached hydrogens (tertiary/aromatic N) is 2. The average molecular weight is 225 g/mol. The summed E-state index contributed by atoms with van der Waals surface area (Å²) >= 11 is 0. The smallest absolute Gasteiger partial charge is 0.0929 e. The SMILES string of the molecule is CC.C[N+]1(C)CCN(S(C)(O)O)CC1. The molecule has 0 radical (unpaired) electrons. The molecule has 0 aromatic rings. The molecule has 1 aliphatic heterocycles. The van der Waals surface area contributed by atoms with Crippen LogP contribution < -0.4 is 0 Å². The Bertz CT molecular complexity index is 159. The average Bonchev–Trinajstić information content (AvgIpc) is 2.05. The molecular formula is C9H25N2O2S+. The number of hydrogen-bond acceptors (Lipinski definition) is 3. The van der Waals surface area contributed by atoms with Gasteiger partial charge in [0.05, 0.1) is 40.3 Å². The molecule has 1 aliphatic rings. The van der Waals surface area contributed by atoms with E-state index in [0.29, 0.717) is 0 Å². The van der Waals surface area contributed by atoms with Gasteiger partial charge in [-0.15, -0.1) is 10.8 Å². The molecule has 2 N–H and O–H groups in total.